The van der Waals surface area contributed by atoms with Crippen molar-refractivity contribution in [3.8, 4) is 23.1 Å². The van der Waals surface area contributed by atoms with Crippen LogP contribution in [-0.2, 0) is 10.9 Å². The van der Waals surface area contributed by atoms with E-state index in [1.165, 1.54) is 6.92 Å². The predicted octanol–water partition coefficient (Wildman–Crippen LogP) is 4.05. The Bertz CT molecular complexity index is 1620. The molecule has 0 bridgehead atoms. The van der Waals surface area contributed by atoms with Gasteiger partial charge in [0.15, 0.2) is 5.82 Å². The first-order chi connectivity index (χ1) is 22.0. The molecule has 3 fully saturated rings. The molecule has 6 heterocycles. The highest BCUT2D eigenvalue weighted by molar-refractivity contribution is 5.96. The Morgan fingerprint density at radius 3 is 2.57 bits per heavy atom. The summed E-state index contributed by atoms with van der Waals surface area (Å²) in [4.78, 5) is 19.6. The van der Waals surface area contributed by atoms with Crippen LogP contribution in [0.25, 0.3) is 22.2 Å². The molecule has 4 aliphatic rings. The second-order valence-electron chi connectivity index (χ2n) is 13.1. The molecule has 0 radical (unpaired) electrons. The minimum absolute atomic E-state index is 0.0621. The molecule has 3 atom stereocenters. The highest BCUT2D eigenvalue weighted by Gasteiger charge is 2.48. The Morgan fingerprint density at radius 2 is 1.85 bits per heavy atom. The third kappa shape index (κ3) is 6.11. The lowest BCUT2D eigenvalue weighted by Crippen LogP contribution is -2.33. The van der Waals surface area contributed by atoms with Gasteiger partial charge in [0.25, 0.3) is 0 Å². The molecule has 4 N–H and O–H groups in total. The van der Waals surface area contributed by atoms with Crippen LogP contribution in [0.15, 0.2) is 6.07 Å². The molecule has 248 valence electrons. The Kier molecular flexibility index (Phi) is 8.04. The zero-order valence-electron chi connectivity index (χ0n) is 25.8. The van der Waals surface area contributed by atoms with Crippen LogP contribution in [0, 0.1) is 30.0 Å². The van der Waals surface area contributed by atoms with Crippen LogP contribution in [0.2, 0.25) is 0 Å². The molecule has 0 aromatic carbocycles. The highest BCUT2D eigenvalue weighted by Crippen LogP contribution is 2.48. The second-order valence-corrected chi connectivity index (χ2v) is 13.1. The van der Waals surface area contributed by atoms with Gasteiger partial charge in [0, 0.05) is 55.5 Å². The number of pyridine rings is 2. The summed E-state index contributed by atoms with van der Waals surface area (Å²) in [6.45, 7) is 9.48. The molecular formula is C31H38F4N8O3. The lowest BCUT2D eigenvalue weighted by molar-refractivity contribution is -0.137. The van der Waals surface area contributed by atoms with Crippen molar-refractivity contribution in [1.29, 1.82) is 0 Å². The fourth-order valence-corrected chi connectivity index (χ4v) is 6.90. The van der Waals surface area contributed by atoms with Crippen LogP contribution in [0.1, 0.15) is 37.4 Å². The number of aromatic nitrogens is 4. The molecule has 15 heteroatoms. The predicted molar refractivity (Wildman–Crippen MR) is 162 cm³/mol. The number of fused-ring (bicyclic) bond motifs is 1. The number of anilines is 2. The summed E-state index contributed by atoms with van der Waals surface area (Å²) >= 11 is 0. The maximum atomic E-state index is 16.6. The first-order valence-corrected chi connectivity index (χ1v) is 15.8. The number of nitrogens with one attached hydrogen (secondary N) is 2. The molecule has 3 aliphatic heterocycles. The summed E-state index contributed by atoms with van der Waals surface area (Å²) in [5, 5.41) is 6.63. The largest absolute Gasteiger partial charge is 0.474 e. The van der Waals surface area contributed by atoms with Gasteiger partial charge in [0.05, 0.1) is 37.2 Å². The Labute approximate surface area is 263 Å². The van der Waals surface area contributed by atoms with Gasteiger partial charge in [-0.1, -0.05) is 0 Å². The van der Waals surface area contributed by atoms with Gasteiger partial charge in [-0.3, -0.25) is 0 Å². The van der Waals surface area contributed by atoms with Crippen molar-refractivity contribution in [2.45, 2.75) is 45.4 Å². The smallest absolute Gasteiger partial charge is 0.418 e. The zero-order chi connectivity index (χ0) is 32.2. The summed E-state index contributed by atoms with van der Waals surface area (Å²) in [5.41, 5.74) is 2.87. The molecule has 11 nitrogen and oxygen atoms in total. The molecule has 2 saturated heterocycles. The fraction of sp³-hybridized carbons (Fsp3) is 0.613. The van der Waals surface area contributed by atoms with E-state index in [1.807, 2.05) is 6.92 Å². The topological polar surface area (TPSA) is 133 Å². The van der Waals surface area contributed by atoms with Gasteiger partial charge in [-0.15, -0.1) is 0 Å². The van der Waals surface area contributed by atoms with Gasteiger partial charge < -0.3 is 35.5 Å². The Balaban J connectivity index is 1.29. The van der Waals surface area contributed by atoms with Gasteiger partial charge in [-0.05, 0) is 45.7 Å². The summed E-state index contributed by atoms with van der Waals surface area (Å²) in [6.07, 6.45) is -2.70. The van der Waals surface area contributed by atoms with Crippen LogP contribution in [0.4, 0.5) is 29.2 Å². The minimum Gasteiger partial charge on any atom is -0.474 e. The number of alkyl halides is 3. The molecule has 3 aromatic heterocycles. The molecule has 0 spiro atoms. The first-order valence-electron chi connectivity index (χ1n) is 15.8. The lowest BCUT2D eigenvalue weighted by Gasteiger charge is -2.24. The lowest BCUT2D eigenvalue weighted by atomic mass is 10.0. The quantitative estimate of drug-likeness (QED) is 0.335. The number of halogens is 4. The average molecular weight is 647 g/mol. The second kappa shape index (κ2) is 11.9. The number of nitrogens with two attached hydrogens (primary N) is 1. The summed E-state index contributed by atoms with van der Waals surface area (Å²) in [6, 6.07) is 0.901. The number of likely N-dealkylation sites (tertiary alicyclic amines) is 1. The molecule has 0 amide bonds. The van der Waals surface area contributed by atoms with E-state index in [4.69, 9.17) is 19.9 Å². The van der Waals surface area contributed by atoms with Crippen LogP contribution in [0.5, 0.6) is 11.9 Å². The van der Waals surface area contributed by atoms with Crippen LogP contribution in [0.3, 0.4) is 0 Å². The SMILES string of the molecule is Cc1nc(N)cc(-c2nc3c4c(nc(OCC5(CN6CC7COCC7C6)CC5)nc4c2F)NCCNCC[C@H](C)O3)c1C(F)(F)F. The minimum atomic E-state index is -4.85. The molecule has 1 saturated carbocycles. The number of nitrogen functional groups attached to an aromatic ring is 1. The third-order valence-corrected chi connectivity index (χ3v) is 9.46. The highest BCUT2D eigenvalue weighted by atomic mass is 19.4. The van der Waals surface area contributed by atoms with E-state index in [2.05, 4.69) is 35.5 Å². The fourth-order valence-electron chi connectivity index (χ4n) is 6.90. The number of aryl methyl sites for hydroxylation is 1. The summed E-state index contributed by atoms with van der Waals surface area (Å²) in [7, 11) is 0. The number of hydrogen-bond acceptors (Lipinski definition) is 11. The standard InChI is InChI=1S/C31H38F4N8O3/c1-16-3-6-37-7-8-38-27-22-26(24(32)25(40-28(22)46-16)20-9-21(36)39-17(2)23(20)31(33,34)35)41-29(42-27)45-15-30(4-5-30)14-43-10-18-12-44-13-19(18)11-43/h9,16,18-19,37H,3-8,10-15H2,1-2H3,(H2,36,39)(H,38,41,42)/t16-,18?,19?/m0/s1. The van der Waals surface area contributed by atoms with E-state index in [-0.39, 0.29) is 39.8 Å². The van der Waals surface area contributed by atoms with Crippen molar-refractivity contribution in [2.24, 2.45) is 17.3 Å². The van der Waals surface area contributed by atoms with E-state index in [1.54, 1.807) is 0 Å². The van der Waals surface area contributed by atoms with E-state index in [0.717, 1.165) is 51.8 Å². The van der Waals surface area contributed by atoms with Gasteiger partial charge >= 0.3 is 12.2 Å². The van der Waals surface area contributed by atoms with Crippen LogP contribution < -0.4 is 25.8 Å². The van der Waals surface area contributed by atoms with Crippen molar-refractivity contribution >= 4 is 22.5 Å². The van der Waals surface area contributed by atoms with E-state index in [9.17, 15) is 13.2 Å². The number of nitrogens with zero attached hydrogens (tertiary/aromatic N) is 5. The summed E-state index contributed by atoms with van der Waals surface area (Å²) in [5.74, 6) is 0.0121. The zero-order valence-corrected chi connectivity index (χ0v) is 25.8. The van der Waals surface area contributed by atoms with Crippen molar-refractivity contribution in [2.75, 3.05) is 70.1 Å². The van der Waals surface area contributed by atoms with Gasteiger partial charge in [-0.2, -0.15) is 23.1 Å². The van der Waals surface area contributed by atoms with E-state index in [0.29, 0.717) is 44.5 Å². The van der Waals surface area contributed by atoms with Crippen molar-refractivity contribution in [1.82, 2.24) is 30.2 Å². The molecule has 2 unspecified atom stereocenters. The molecular weight excluding hydrogens is 608 g/mol. The molecule has 46 heavy (non-hydrogen) atoms. The normalized spacial score (nSPS) is 24.6. The van der Waals surface area contributed by atoms with E-state index >= 15 is 4.39 Å². The maximum absolute atomic E-state index is 16.6. The summed E-state index contributed by atoms with van der Waals surface area (Å²) < 4.78 is 77.5. The van der Waals surface area contributed by atoms with Crippen molar-refractivity contribution in [3.63, 3.8) is 0 Å². The van der Waals surface area contributed by atoms with Crippen molar-refractivity contribution < 1.29 is 31.8 Å². The molecule has 1 aliphatic carbocycles. The number of hydrogen-bond donors (Lipinski definition) is 3. The monoisotopic (exact) mass is 646 g/mol. The Morgan fingerprint density at radius 1 is 1.09 bits per heavy atom. The maximum Gasteiger partial charge on any atom is 0.418 e. The van der Waals surface area contributed by atoms with Crippen molar-refractivity contribution in [3.05, 3.63) is 23.1 Å². The van der Waals surface area contributed by atoms with Crippen LogP contribution >= 0.6 is 0 Å². The van der Waals surface area contributed by atoms with Crippen LogP contribution in [-0.4, -0.2) is 90.0 Å². The number of ether oxygens (including phenoxy) is 3. The number of rotatable bonds is 6. The first kappa shape index (κ1) is 31.1. The average Bonchev–Trinajstić information content (AvgIpc) is 3.44. The van der Waals surface area contributed by atoms with Gasteiger partial charge in [-0.25, -0.2) is 14.4 Å². The molecule has 3 aromatic rings. The van der Waals surface area contributed by atoms with E-state index < -0.39 is 40.6 Å². The Hall–Kier alpha value is -3.56. The van der Waals surface area contributed by atoms with Gasteiger partial charge in [0.2, 0.25) is 5.88 Å². The van der Waals surface area contributed by atoms with Gasteiger partial charge in [0.1, 0.15) is 28.2 Å². The molecule has 7 rings (SSSR count). The third-order valence-electron chi connectivity index (χ3n) is 9.46.